The van der Waals surface area contributed by atoms with Gasteiger partial charge in [-0.15, -0.1) is 0 Å². The number of amides is 1. The number of esters is 2. The molecular formula is C22H23NO6. The molecule has 0 aromatic heterocycles. The average Bonchev–Trinajstić information content (AvgIpc) is 2.75. The SMILES string of the molecule is CCCOc1ccc(/C=C/C(=O)Nc2cc(C(=O)OC)cc(C(=O)OC)c2)cc1. The van der Waals surface area contributed by atoms with Crippen molar-refractivity contribution in [1.29, 1.82) is 0 Å². The molecule has 1 N–H and O–H groups in total. The maximum atomic E-state index is 12.2. The molecule has 0 spiro atoms. The molecule has 0 atom stereocenters. The molecule has 0 aliphatic heterocycles. The van der Waals surface area contributed by atoms with Crippen LogP contribution in [0.5, 0.6) is 5.75 Å². The predicted octanol–water partition coefficient (Wildman–Crippen LogP) is 3.70. The Balaban J connectivity index is 2.11. The third-order valence-electron chi connectivity index (χ3n) is 3.82. The summed E-state index contributed by atoms with van der Waals surface area (Å²) in [6.45, 7) is 2.68. The van der Waals surface area contributed by atoms with Crippen LogP contribution in [0, 0.1) is 0 Å². The van der Waals surface area contributed by atoms with Gasteiger partial charge in [-0.25, -0.2) is 9.59 Å². The first-order valence-electron chi connectivity index (χ1n) is 9.00. The van der Waals surface area contributed by atoms with Gasteiger partial charge in [0.15, 0.2) is 0 Å². The Morgan fingerprint density at radius 3 is 2.03 bits per heavy atom. The number of hydrogen-bond acceptors (Lipinski definition) is 6. The lowest BCUT2D eigenvalue weighted by Crippen LogP contribution is -2.12. The van der Waals surface area contributed by atoms with E-state index in [0.29, 0.717) is 6.61 Å². The van der Waals surface area contributed by atoms with E-state index in [-0.39, 0.29) is 16.8 Å². The number of methoxy groups -OCH3 is 2. The number of benzene rings is 2. The molecule has 0 heterocycles. The molecule has 7 heteroatoms. The smallest absolute Gasteiger partial charge is 0.337 e. The highest BCUT2D eigenvalue weighted by molar-refractivity contribution is 6.04. The Kier molecular flexibility index (Phi) is 7.97. The summed E-state index contributed by atoms with van der Waals surface area (Å²) in [5.74, 6) is -0.920. The van der Waals surface area contributed by atoms with Crippen molar-refractivity contribution in [2.24, 2.45) is 0 Å². The zero-order valence-corrected chi connectivity index (χ0v) is 16.6. The molecule has 0 fully saturated rings. The van der Waals surface area contributed by atoms with Crippen LogP contribution in [0.2, 0.25) is 0 Å². The predicted molar refractivity (Wildman–Crippen MR) is 109 cm³/mol. The van der Waals surface area contributed by atoms with Gasteiger partial charge in [-0.3, -0.25) is 4.79 Å². The second-order valence-corrected chi connectivity index (χ2v) is 6.02. The normalized spacial score (nSPS) is 10.4. The lowest BCUT2D eigenvalue weighted by atomic mass is 10.1. The van der Waals surface area contributed by atoms with Crippen molar-refractivity contribution in [3.05, 3.63) is 65.2 Å². The molecule has 29 heavy (non-hydrogen) atoms. The van der Waals surface area contributed by atoms with Crippen molar-refractivity contribution in [2.75, 3.05) is 26.1 Å². The first-order valence-corrected chi connectivity index (χ1v) is 9.00. The molecule has 0 aliphatic rings. The van der Waals surface area contributed by atoms with E-state index < -0.39 is 17.8 Å². The van der Waals surface area contributed by atoms with Crippen LogP contribution in [0.1, 0.15) is 39.6 Å². The van der Waals surface area contributed by atoms with Crippen LogP contribution in [0.4, 0.5) is 5.69 Å². The van der Waals surface area contributed by atoms with E-state index in [2.05, 4.69) is 14.8 Å². The van der Waals surface area contributed by atoms with E-state index >= 15 is 0 Å². The summed E-state index contributed by atoms with van der Waals surface area (Å²) in [7, 11) is 2.46. The monoisotopic (exact) mass is 397 g/mol. The van der Waals surface area contributed by atoms with E-state index in [0.717, 1.165) is 17.7 Å². The highest BCUT2D eigenvalue weighted by atomic mass is 16.5. The minimum atomic E-state index is -0.632. The molecule has 152 valence electrons. The molecule has 0 unspecified atom stereocenters. The first kappa shape index (κ1) is 21.7. The molecule has 2 aromatic rings. The maximum Gasteiger partial charge on any atom is 0.337 e. The zero-order valence-electron chi connectivity index (χ0n) is 16.6. The Morgan fingerprint density at radius 1 is 0.931 bits per heavy atom. The van der Waals surface area contributed by atoms with Gasteiger partial charge in [0.1, 0.15) is 5.75 Å². The van der Waals surface area contributed by atoms with Gasteiger partial charge in [-0.1, -0.05) is 19.1 Å². The Bertz CT molecular complexity index is 868. The zero-order chi connectivity index (χ0) is 21.2. The number of carbonyl (C=O) groups excluding carboxylic acids is 3. The fourth-order valence-electron chi connectivity index (χ4n) is 2.42. The van der Waals surface area contributed by atoms with Gasteiger partial charge in [0.2, 0.25) is 5.91 Å². The third kappa shape index (κ3) is 6.49. The third-order valence-corrected chi connectivity index (χ3v) is 3.82. The quantitative estimate of drug-likeness (QED) is 0.539. The summed E-state index contributed by atoms with van der Waals surface area (Å²) in [5, 5.41) is 2.62. The summed E-state index contributed by atoms with van der Waals surface area (Å²) >= 11 is 0. The van der Waals surface area contributed by atoms with Gasteiger partial charge >= 0.3 is 11.9 Å². The van der Waals surface area contributed by atoms with Crippen LogP contribution in [0.25, 0.3) is 6.08 Å². The molecule has 0 aliphatic carbocycles. The lowest BCUT2D eigenvalue weighted by Gasteiger charge is -2.08. The number of hydrogen-bond donors (Lipinski definition) is 1. The second kappa shape index (κ2) is 10.7. The van der Waals surface area contributed by atoms with E-state index in [4.69, 9.17) is 4.74 Å². The highest BCUT2D eigenvalue weighted by Crippen LogP contribution is 2.18. The largest absolute Gasteiger partial charge is 0.494 e. The maximum absolute atomic E-state index is 12.2. The molecule has 7 nitrogen and oxygen atoms in total. The number of anilines is 1. The Labute approximate surface area is 169 Å². The van der Waals surface area contributed by atoms with Crippen LogP contribution in [0.3, 0.4) is 0 Å². The first-order chi connectivity index (χ1) is 14.0. The number of nitrogens with one attached hydrogen (secondary N) is 1. The molecule has 0 saturated carbocycles. The van der Waals surface area contributed by atoms with Gasteiger partial charge in [0.25, 0.3) is 0 Å². The molecular weight excluding hydrogens is 374 g/mol. The summed E-state index contributed by atoms with van der Waals surface area (Å²) in [4.78, 5) is 35.9. The van der Waals surface area contributed by atoms with Crippen LogP contribution in [-0.2, 0) is 14.3 Å². The van der Waals surface area contributed by atoms with Crippen molar-refractivity contribution in [3.8, 4) is 5.75 Å². The minimum Gasteiger partial charge on any atom is -0.494 e. The lowest BCUT2D eigenvalue weighted by molar-refractivity contribution is -0.111. The molecule has 0 bridgehead atoms. The molecule has 2 rings (SSSR count). The molecule has 0 saturated heterocycles. The van der Waals surface area contributed by atoms with E-state index in [1.807, 2.05) is 31.2 Å². The van der Waals surface area contributed by atoms with Crippen molar-refractivity contribution in [3.63, 3.8) is 0 Å². The Morgan fingerprint density at radius 2 is 1.52 bits per heavy atom. The summed E-state index contributed by atoms with van der Waals surface area (Å²) in [6, 6.07) is 11.5. The summed E-state index contributed by atoms with van der Waals surface area (Å²) < 4.78 is 14.9. The Hall–Kier alpha value is -3.61. The number of rotatable bonds is 8. The van der Waals surface area contributed by atoms with Gasteiger partial charge in [0.05, 0.1) is 32.0 Å². The molecule has 0 radical (unpaired) electrons. The van der Waals surface area contributed by atoms with E-state index in [9.17, 15) is 14.4 Å². The highest BCUT2D eigenvalue weighted by Gasteiger charge is 2.14. The molecule has 1 amide bonds. The van der Waals surface area contributed by atoms with E-state index in [1.165, 1.54) is 38.5 Å². The van der Waals surface area contributed by atoms with Crippen LogP contribution < -0.4 is 10.1 Å². The summed E-state index contributed by atoms with van der Waals surface area (Å²) in [5.41, 5.74) is 1.34. The van der Waals surface area contributed by atoms with Gasteiger partial charge < -0.3 is 19.5 Å². The number of carbonyl (C=O) groups is 3. The average molecular weight is 397 g/mol. The fourth-order valence-corrected chi connectivity index (χ4v) is 2.42. The van der Waals surface area contributed by atoms with Gasteiger partial charge in [-0.05, 0) is 48.4 Å². The van der Waals surface area contributed by atoms with Gasteiger partial charge in [-0.2, -0.15) is 0 Å². The fraction of sp³-hybridized carbons (Fsp3) is 0.227. The van der Waals surface area contributed by atoms with Crippen LogP contribution >= 0.6 is 0 Å². The van der Waals surface area contributed by atoms with Crippen LogP contribution in [-0.4, -0.2) is 38.7 Å². The van der Waals surface area contributed by atoms with Crippen LogP contribution in [0.15, 0.2) is 48.5 Å². The second-order valence-electron chi connectivity index (χ2n) is 6.02. The minimum absolute atomic E-state index is 0.123. The number of ether oxygens (including phenoxy) is 3. The van der Waals surface area contributed by atoms with Crippen molar-refractivity contribution in [1.82, 2.24) is 0 Å². The topological polar surface area (TPSA) is 90.9 Å². The van der Waals surface area contributed by atoms with Crippen molar-refractivity contribution in [2.45, 2.75) is 13.3 Å². The summed E-state index contributed by atoms with van der Waals surface area (Å²) in [6.07, 6.45) is 3.92. The van der Waals surface area contributed by atoms with E-state index in [1.54, 1.807) is 6.08 Å². The van der Waals surface area contributed by atoms with Gasteiger partial charge in [0, 0.05) is 11.8 Å². The standard InChI is InChI=1S/C22H23NO6/c1-4-11-29-19-8-5-15(6-9-19)7-10-20(24)23-18-13-16(21(25)27-2)12-17(14-18)22(26)28-3/h5-10,12-14H,4,11H2,1-3H3,(H,23,24)/b10-7+. The molecule has 2 aromatic carbocycles. The van der Waals surface area contributed by atoms with Crippen molar-refractivity contribution >= 4 is 29.6 Å². The van der Waals surface area contributed by atoms with Crippen molar-refractivity contribution < 1.29 is 28.6 Å².